The van der Waals surface area contributed by atoms with Crippen LogP contribution in [0.2, 0.25) is 5.02 Å². The number of benzene rings is 2. The maximum Gasteiger partial charge on any atom is 0.291 e. The summed E-state index contributed by atoms with van der Waals surface area (Å²) in [5.74, 6) is 0.377. The third kappa shape index (κ3) is 3.66. The summed E-state index contributed by atoms with van der Waals surface area (Å²) in [6.45, 7) is 0. The summed E-state index contributed by atoms with van der Waals surface area (Å²) in [5.41, 5.74) is 7.68. The number of rotatable bonds is 3. The van der Waals surface area contributed by atoms with Crippen LogP contribution in [0, 0.1) is 0 Å². The monoisotopic (exact) mass is 468 g/mol. The van der Waals surface area contributed by atoms with E-state index in [2.05, 4.69) is 37.2 Å². The number of furan rings is 1. The predicted octanol–water partition coefficient (Wildman–Crippen LogP) is 5.96. The van der Waals surface area contributed by atoms with Gasteiger partial charge in [0.1, 0.15) is 5.76 Å². The molecule has 4 nitrogen and oxygen atoms in total. The maximum atomic E-state index is 12.3. The van der Waals surface area contributed by atoms with Crippen molar-refractivity contribution in [1.29, 1.82) is 0 Å². The van der Waals surface area contributed by atoms with Gasteiger partial charge in [-0.2, -0.15) is 0 Å². The van der Waals surface area contributed by atoms with Gasteiger partial charge in [-0.15, -0.1) is 0 Å². The Bertz CT molecular complexity index is 925. The summed E-state index contributed by atoms with van der Waals surface area (Å²) in [5, 5.41) is 3.34. The van der Waals surface area contributed by atoms with E-state index in [1.807, 2.05) is 6.07 Å². The van der Waals surface area contributed by atoms with Gasteiger partial charge in [0, 0.05) is 19.5 Å². The third-order valence-corrected chi connectivity index (χ3v) is 4.67. The van der Waals surface area contributed by atoms with Crippen LogP contribution in [0.25, 0.3) is 11.3 Å². The number of halogens is 3. The molecule has 0 atom stereocenters. The van der Waals surface area contributed by atoms with Gasteiger partial charge in [0.2, 0.25) is 0 Å². The minimum absolute atomic E-state index is 0.189. The summed E-state index contributed by atoms with van der Waals surface area (Å²) in [6, 6.07) is 13.9. The molecule has 0 saturated heterocycles. The van der Waals surface area contributed by atoms with Gasteiger partial charge in [0.25, 0.3) is 5.91 Å². The molecule has 7 heteroatoms. The number of hydrogen-bond acceptors (Lipinski definition) is 3. The largest absolute Gasteiger partial charge is 0.451 e. The van der Waals surface area contributed by atoms with Gasteiger partial charge >= 0.3 is 0 Å². The number of nitrogens with one attached hydrogen (secondary N) is 1. The van der Waals surface area contributed by atoms with Crippen LogP contribution in [0.1, 0.15) is 10.6 Å². The van der Waals surface area contributed by atoms with Crippen LogP contribution < -0.4 is 11.1 Å². The molecule has 1 heterocycles. The van der Waals surface area contributed by atoms with Crippen molar-refractivity contribution in [3.63, 3.8) is 0 Å². The first-order valence-electron chi connectivity index (χ1n) is 6.85. The fraction of sp³-hybridized carbons (Fsp3) is 0. The molecule has 122 valence electrons. The van der Waals surface area contributed by atoms with Crippen LogP contribution >= 0.6 is 43.5 Å². The van der Waals surface area contributed by atoms with Crippen LogP contribution in [-0.4, -0.2) is 5.91 Å². The van der Waals surface area contributed by atoms with Crippen molar-refractivity contribution in [2.24, 2.45) is 0 Å². The molecule has 0 saturated carbocycles. The quantitative estimate of drug-likeness (QED) is 0.464. The molecule has 24 heavy (non-hydrogen) atoms. The standard InChI is InChI=1S/C17H11Br2ClN2O2/c18-9-1-4-14(13(21)7-9)22-17(23)16-6-5-15(24-16)11-3-2-10(20)8-12(11)19/h1-8H,21H2,(H,22,23). The molecule has 0 spiro atoms. The van der Waals surface area contributed by atoms with Crippen LogP contribution in [-0.2, 0) is 0 Å². The van der Waals surface area contributed by atoms with Crippen LogP contribution in [0.5, 0.6) is 0 Å². The number of anilines is 2. The average Bonchev–Trinajstić information content (AvgIpc) is 3.00. The minimum Gasteiger partial charge on any atom is -0.451 e. The Labute approximate surface area is 160 Å². The van der Waals surface area contributed by atoms with E-state index in [0.29, 0.717) is 22.2 Å². The predicted molar refractivity (Wildman–Crippen MR) is 103 cm³/mol. The van der Waals surface area contributed by atoms with E-state index in [1.54, 1.807) is 42.5 Å². The fourth-order valence-corrected chi connectivity index (χ4v) is 3.38. The third-order valence-electron chi connectivity index (χ3n) is 3.29. The van der Waals surface area contributed by atoms with E-state index in [4.69, 9.17) is 21.8 Å². The molecule has 3 rings (SSSR count). The van der Waals surface area contributed by atoms with Crippen LogP contribution in [0.3, 0.4) is 0 Å². The van der Waals surface area contributed by atoms with Crippen molar-refractivity contribution in [2.75, 3.05) is 11.1 Å². The second-order valence-corrected chi connectivity index (χ2v) is 7.18. The lowest BCUT2D eigenvalue weighted by Gasteiger charge is -2.07. The number of carbonyl (C=O) groups excluding carboxylic acids is 1. The van der Waals surface area contributed by atoms with E-state index < -0.39 is 0 Å². The lowest BCUT2D eigenvalue weighted by molar-refractivity contribution is 0.0997. The molecule has 3 N–H and O–H groups in total. The Morgan fingerprint density at radius 1 is 1.08 bits per heavy atom. The van der Waals surface area contributed by atoms with E-state index in [9.17, 15) is 4.79 Å². The molecule has 0 aliphatic rings. The van der Waals surface area contributed by atoms with Crippen molar-refractivity contribution < 1.29 is 9.21 Å². The van der Waals surface area contributed by atoms with Crippen molar-refractivity contribution in [3.8, 4) is 11.3 Å². The maximum absolute atomic E-state index is 12.3. The van der Waals surface area contributed by atoms with Crippen molar-refractivity contribution in [1.82, 2.24) is 0 Å². The van der Waals surface area contributed by atoms with E-state index in [-0.39, 0.29) is 11.7 Å². The minimum atomic E-state index is -0.375. The first-order chi connectivity index (χ1) is 11.4. The van der Waals surface area contributed by atoms with Crippen molar-refractivity contribution in [2.45, 2.75) is 0 Å². The highest BCUT2D eigenvalue weighted by molar-refractivity contribution is 9.10. The van der Waals surface area contributed by atoms with Crippen molar-refractivity contribution >= 4 is 60.7 Å². The summed E-state index contributed by atoms with van der Waals surface area (Å²) in [6.07, 6.45) is 0. The van der Waals surface area contributed by atoms with E-state index >= 15 is 0 Å². The molecule has 0 radical (unpaired) electrons. The van der Waals surface area contributed by atoms with Gasteiger partial charge in [-0.3, -0.25) is 4.79 Å². The zero-order valence-corrected chi connectivity index (χ0v) is 16.1. The van der Waals surface area contributed by atoms with Crippen LogP contribution in [0.15, 0.2) is 61.9 Å². The SMILES string of the molecule is Nc1cc(Br)ccc1NC(=O)c1ccc(-c2ccc(Cl)cc2Br)o1. The highest BCUT2D eigenvalue weighted by Gasteiger charge is 2.15. The van der Waals surface area contributed by atoms with E-state index in [0.717, 1.165) is 14.5 Å². The fourth-order valence-electron chi connectivity index (χ4n) is 2.13. The summed E-state index contributed by atoms with van der Waals surface area (Å²) >= 11 is 12.7. The topological polar surface area (TPSA) is 68.3 Å². The highest BCUT2D eigenvalue weighted by Crippen LogP contribution is 2.32. The Balaban J connectivity index is 1.83. The molecule has 1 aromatic heterocycles. The molecule has 0 bridgehead atoms. The molecule has 1 amide bonds. The van der Waals surface area contributed by atoms with Gasteiger partial charge in [-0.1, -0.05) is 27.5 Å². The average molecular weight is 471 g/mol. The molecular formula is C17H11Br2ClN2O2. The highest BCUT2D eigenvalue weighted by atomic mass is 79.9. The second-order valence-electron chi connectivity index (χ2n) is 4.97. The van der Waals surface area contributed by atoms with Gasteiger partial charge in [0.05, 0.1) is 11.4 Å². The van der Waals surface area contributed by atoms with E-state index in [1.165, 1.54) is 0 Å². The molecule has 2 aromatic carbocycles. The van der Waals surface area contributed by atoms with Crippen molar-refractivity contribution in [3.05, 3.63) is 68.3 Å². The van der Waals surface area contributed by atoms with Gasteiger partial charge < -0.3 is 15.5 Å². The van der Waals surface area contributed by atoms with Gasteiger partial charge in [-0.25, -0.2) is 0 Å². The summed E-state index contributed by atoms with van der Waals surface area (Å²) < 4.78 is 7.28. The molecule has 0 fully saturated rings. The Morgan fingerprint density at radius 3 is 2.58 bits per heavy atom. The zero-order valence-electron chi connectivity index (χ0n) is 12.1. The molecule has 3 aromatic rings. The Hall–Kier alpha value is -1.76. The number of nitrogen functional groups attached to an aromatic ring is 1. The van der Waals surface area contributed by atoms with Crippen LogP contribution in [0.4, 0.5) is 11.4 Å². The lowest BCUT2D eigenvalue weighted by atomic mass is 10.2. The normalized spacial score (nSPS) is 10.6. The second kappa shape index (κ2) is 7.01. The lowest BCUT2D eigenvalue weighted by Crippen LogP contribution is -2.12. The van der Waals surface area contributed by atoms with Gasteiger partial charge in [-0.05, 0) is 64.5 Å². The number of carbonyl (C=O) groups is 1. The molecule has 0 aliphatic heterocycles. The zero-order chi connectivity index (χ0) is 17.3. The Kier molecular flexibility index (Phi) is 4.99. The first-order valence-corrected chi connectivity index (χ1v) is 8.82. The molecule has 0 aliphatic carbocycles. The van der Waals surface area contributed by atoms with Gasteiger partial charge in [0.15, 0.2) is 5.76 Å². The smallest absolute Gasteiger partial charge is 0.291 e. The first kappa shape index (κ1) is 17.1. The summed E-state index contributed by atoms with van der Waals surface area (Å²) in [4.78, 5) is 12.3. The summed E-state index contributed by atoms with van der Waals surface area (Å²) in [7, 11) is 0. The molecule has 0 unspecified atom stereocenters. The Morgan fingerprint density at radius 2 is 1.88 bits per heavy atom. The number of amides is 1. The molecular weight excluding hydrogens is 459 g/mol. The number of nitrogens with two attached hydrogens (primary N) is 1. The number of hydrogen-bond donors (Lipinski definition) is 2.